The number of nitrogens with zero attached hydrogens (tertiary/aromatic N) is 2. The first-order chi connectivity index (χ1) is 7.72. The molecule has 1 aromatic heterocycles. The second-order valence-corrected chi connectivity index (χ2v) is 3.52. The summed E-state index contributed by atoms with van der Waals surface area (Å²) < 4.78 is 4.94. The second-order valence-electron chi connectivity index (χ2n) is 3.52. The summed E-state index contributed by atoms with van der Waals surface area (Å²) in [4.78, 5) is 4.10. The third kappa shape index (κ3) is 1.95. The van der Waals surface area contributed by atoms with E-state index >= 15 is 0 Å². The van der Waals surface area contributed by atoms with E-state index in [1.165, 1.54) is 0 Å². The standard InChI is InChI=1S/C11H13N3O2/c1-7-4-2-3-5-8(7)10-13-11(16-14-10)9(15)6-12/h2-5,9,15H,6,12H2,1H3/t9-/m0/s1. The Morgan fingerprint density at radius 2 is 2.19 bits per heavy atom. The minimum atomic E-state index is -0.898. The fraction of sp³-hybridized carbons (Fsp3) is 0.273. The Kier molecular flexibility index (Phi) is 2.98. The predicted octanol–water partition coefficient (Wildman–Crippen LogP) is 1.04. The summed E-state index contributed by atoms with van der Waals surface area (Å²) in [7, 11) is 0. The van der Waals surface area contributed by atoms with Crippen LogP contribution in [0.5, 0.6) is 0 Å². The normalized spacial score (nSPS) is 12.7. The van der Waals surface area contributed by atoms with E-state index < -0.39 is 6.10 Å². The number of aromatic nitrogens is 2. The highest BCUT2D eigenvalue weighted by Gasteiger charge is 2.15. The SMILES string of the molecule is Cc1ccccc1-c1noc([C@@H](O)CN)n1. The van der Waals surface area contributed by atoms with Gasteiger partial charge in [0.1, 0.15) is 6.10 Å². The van der Waals surface area contributed by atoms with Gasteiger partial charge in [-0.05, 0) is 12.5 Å². The number of aliphatic hydroxyl groups excluding tert-OH is 1. The van der Waals surface area contributed by atoms with E-state index in [0.29, 0.717) is 5.82 Å². The minimum Gasteiger partial charge on any atom is -0.382 e. The van der Waals surface area contributed by atoms with E-state index in [0.717, 1.165) is 11.1 Å². The Labute approximate surface area is 92.9 Å². The Balaban J connectivity index is 2.35. The maximum atomic E-state index is 9.44. The first kappa shape index (κ1) is 10.8. The molecule has 0 aliphatic rings. The van der Waals surface area contributed by atoms with Gasteiger partial charge in [-0.25, -0.2) is 0 Å². The molecule has 0 saturated heterocycles. The summed E-state index contributed by atoms with van der Waals surface area (Å²) >= 11 is 0. The molecule has 5 nitrogen and oxygen atoms in total. The van der Waals surface area contributed by atoms with Gasteiger partial charge in [0.2, 0.25) is 5.82 Å². The molecule has 5 heteroatoms. The number of hydrogen-bond acceptors (Lipinski definition) is 5. The quantitative estimate of drug-likeness (QED) is 0.805. The van der Waals surface area contributed by atoms with Crippen LogP contribution >= 0.6 is 0 Å². The van der Waals surface area contributed by atoms with Crippen LogP contribution in [0.25, 0.3) is 11.4 Å². The van der Waals surface area contributed by atoms with Crippen molar-refractivity contribution < 1.29 is 9.63 Å². The summed E-state index contributed by atoms with van der Waals surface area (Å²) in [6, 6.07) is 7.70. The first-order valence-electron chi connectivity index (χ1n) is 5.00. The average molecular weight is 219 g/mol. The molecular formula is C11H13N3O2. The summed E-state index contributed by atoms with van der Waals surface area (Å²) in [5, 5.41) is 13.3. The van der Waals surface area contributed by atoms with E-state index in [4.69, 9.17) is 10.3 Å². The smallest absolute Gasteiger partial charge is 0.257 e. The highest BCUT2D eigenvalue weighted by molar-refractivity contribution is 5.58. The number of rotatable bonds is 3. The maximum absolute atomic E-state index is 9.44. The molecule has 0 aliphatic carbocycles. The van der Waals surface area contributed by atoms with E-state index in [1.54, 1.807) is 0 Å². The predicted molar refractivity (Wildman–Crippen MR) is 58.5 cm³/mol. The summed E-state index contributed by atoms with van der Waals surface area (Å²) in [5.41, 5.74) is 7.25. The van der Waals surface area contributed by atoms with Gasteiger partial charge < -0.3 is 15.4 Å². The van der Waals surface area contributed by atoms with Crippen LogP contribution in [0.15, 0.2) is 28.8 Å². The molecule has 0 amide bonds. The van der Waals surface area contributed by atoms with Crippen LogP contribution in [-0.4, -0.2) is 21.8 Å². The molecule has 3 N–H and O–H groups in total. The van der Waals surface area contributed by atoms with Crippen LogP contribution in [0.3, 0.4) is 0 Å². The van der Waals surface area contributed by atoms with Crippen molar-refractivity contribution in [3.63, 3.8) is 0 Å². The second kappa shape index (κ2) is 4.42. The number of benzene rings is 1. The zero-order valence-electron chi connectivity index (χ0n) is 8.92. The van der Waals surface area contributed by atoms with E-state index in [9.17, 15) is 5.11 Å². The fourth-order valence-corrected chi connectivity index (χ4v) is 1.40. The van der Waals surface area contributed by atoms with Gasteiger partial charge in [-0.2, -0.15) is 4.98 Å². The topological polar surface area (TPSA) is 85.2 Å². The van der Waals surface area contributed by atoms with E-state index in [-0.39, 0.29) is 12.4 Å². The Hall–Kier alpha value is -1.72. The third-order valence-electron chi connectivity index (χ3n) is 2.34. The number of aliphatic hydroxyl groups is 1. The molecule has 0 bridgehead atoms. The lowest BCUT2D eigenvalue weighted by Gasteiger charge is -1.99. The summed E-state index contributed by atoms with van der Waals surface area (Å²) in [6.45, 7) is 2.03. The van der Waals surface area contributed by atoms with E-state index in [1.807, 2.05) is 31.2 Å². The lowest BCUT2D eigenvalue weighted by Crippen LogP contribution is -2.11. The van der Waals surface area contributed by atoms with Crippen molar-refractivity contribution in [1.29, 1.82) is 0 Å². The third-order valence-corrected chi connectivity index (χ3v) is 2.34. The van der Waals surface area contributed by atoms with Crippen LogP contribution < -0.4 is 5.73 Å². The van der Waals surface area contributed by atoms with Gasteiger partial charge in [0.05, 0.1) is 0 Å². The molecule has 2 rings (SSSR count). The molecule has 2 aromatic rings. The molecule has 0 radical (unpaired) electrons. The fourth-order valence-electron chi connectivity index (χ4n) is 1.40. The molecular weight excluding hydrogens is 206 g/mol. The van der Waals surface area contributed by atoms with Crippen LogP contribution in [0, 0.1) is 6.92 Å². The van der Waals surface area contributed by atoms with Crippen LogP contribution in [-0.2, 0) is 0 Å². The van der Waals surface area contributed by atoms with Gasteiger partial charge in [-0.15, -0.1) is 0 Å². The zero-order valence-corrected chi connectivity index (χ0v) is 8.92. The van der Waals surface area contributed by atoms with Crippen molar-refractivity contribution in [2.45, 2.75) is 13.0 Å². The van der Waals surface area contributed by atoms with Gasteiger partial charge in [-0.1, -0.05) is 29.4 Å². The molecule has 1 heterocycles. The Bertz CT molecular complexity index is 482. The molecule has 1 aromatic carbocycles. The van der Waals surface area contributed by atoms with Crippen molar-refractivity contribution in [1.82, 2.24) is 10.1 Å². The van der Waals surface area contributed by atoms with Crippen LogP contribution in [0.4, 0.5) is 0 Å². The lowest BCUT2D eigenvalue weighted by molar-refractivity contribution is 0.141. The number of aryl methyl sites for hydroxylation is 1. The van der Waals surface area contributed by atoms with Crippen LogP contribution in [0.2, 0.25) is 0 Å². The first-order valence-corrected chi connectivity index (χ1v) is 5.00. The van der Waals surface area contributed by atoms with Gasteiger partial charge in [0.15, 0.2) is 0 Å². The average Bonchev–Trinajstić information content (AvgIpc) is 2.78. The van der Waals surface area contributed by atoms with Gasteiger partial charge in [0, 0.05) is 12.1 Å². The monoisotopic (exact) mass is 219 g/mol. The van der Waals surface area contributed by atoms with Crippen LogP contribution in [0.1, 0.15) is 17.6 Å². The molecule has 0 aliphatic heterocycles. The van der Waals surface area contributed by atoms with Gasteiger partial charge in [0.25, 0.3) is 5.89 Å². The van der Waals surface area contributed by atoms with Crippen molar-refractivity contribution in [2.75, 3.05) is 6.54 Å². The highest BCUT2D eigenvalue weighted by atomic mass is 16.5. The molecule has 1 atom stereocenters. The van der Waals surface area contributed by atoms with Crippen molar-refractivity contribution >= 4 is 0 Å². The van der Waals surface area contributed by atoms with Gasteiger partial charge in [-0.3, -0.25) is 0 Å². The molecule has 16 heavy (non-hydrogen) atoms. The highest BCUT2D eigenvalue weighted by Crippen LogP contribution is 2.21. The van der Waals surface area contributed by atoms with Crippen molar-refractivity contribution in [2.24, 2.45) is 5.73 Å². The molecule has 84 valence electrons. The van der Waals surface area contributed by atoms with Crippen molar-refractivity contribution in [3.05, 3.63) is 35.7 Å². The van der Waals surface area contributed by atoms with Gasteiger partial charge >= 0.3 is 0 Å². The molecule has 0 fully saturated rings. The minimum absolute atomic E-state index is 0.0649. The van der Waals surface area contributed by atoms with Crippen molar-refractivity contribution in [3.8, 4) is 11.4 Å². The Morgan fingerprint density at radius 3 is 2.88 bits per heavy atom. The summed E-state index contributed by atoms with van der Waals surface area (Å²) in [6.07, 6.45) is -0.898. The summed E-state index contributed by atoms with van der Waals surface area (Å²) in [5.74, 6) is 0.626. The Morgan fingerprint density at radius 1 is 1.44 bits per heavy atom. The zero-order chi connectivity index (χ0) is 11.5. The lowest BCUT2D eigenvalue weighted by atomic mass is 10.1. The number of hydrogen-bond donors (Lipinski definition) is 2. The number of nitrogens with two attached hydrogens (primary N) is 1. The largest absolute Gasteiger partial charge is 0.382 e. The molecule has 0 unspecified atom stereocenters. The van der Waals surface area contributed by atoms with E-state index in [2.05, 4.69) is 10.1 Å². The maximum Gasteiger partial charge on any atom is 0.257 e. The molecule has 0 saturated carbocycles. The molecule has 0 spiro atoms.